The van der Waals surface area contributed by atoms with E-state index < -0.39 is 0 Å². The lowest BCUT2D eigenvalue weighted by Crippen LogP contribution is -3.00. The van der Waals surface area contributed by atoms with Crippen LogP contribution in [0.2, 0.25) is 0 Å². The highest BCUT2D eigenvalue weighted by molar-refractivity contribution is 6.00. The number of hydrogen-bond donors (Lipinski definition) is 2. The normalized spacial score (nSPS) is 11.8. The summed E-state index contributed by atoms with van der Waals surface area (Å²) in [6, 6.07) is 64.5. The molecule has 0 aliphatic carbocycles. The van der Waals surface area contributed by atoms with Gasteiger partial charge in [0.2, 0.25) is 11.0 Å². The van der Waals surface area contributed by atoms with Crippen molar-refractivity contribution in [3.8, 4) is 50.3 Å². The third kappa shape index (κ3) is 9.17. The number of halogens is 1. The number of aromatic amines is 2. The van der Waals surface area contributed by atoms with Crippen molar-refractivity contribution in [1.82, 2.24) is 19.9 Å². The molecule has 8 bridgehead atoms. The van der Waals surface area contributed by atoms with Gasteiger partial charge in [-0.25, -0.2) is 9.97 Å². The molecule has 0 amide bonds. The molecule has 0 saturated carbocycles. The van der Waals surface area contributed by atoms with Crippen LogP contribution in [0.3, 0.4) is 0 Å². The number of fused-ring (bicyclic) bond motifs is 10. The van der Waals surface area contributed by atoms with E-state index in [1.165, 1.54) is 33.2 Å². The van der Waals surface area contributed by atoms with Crippen molar-refractivity contribution in [2.45, 2.75) is 13.0 Å². The monoisotopic (exact) mass is 1060 g/mol. The lowest BCUT2D eigenvalue weighted by Gasteiger charge is -2.15. The lowest BCUT2D eigenvalue weighted by molar-refractivity contribution is -0.645. The first-order valence-corrected chi connectivity index (χ1v) is 24.6. The molecule has 10 aromatic rings. The molecule has 0 unspecified atom stereocenters. The van der Waals surface area contributed by atoms with E-state index in [1.54, 1.807) is 0 Å². The fourth-order valence-electron chi connectivity index (χ4n) is 10.2. The van der Waals surface area contributed by atoms with Crippen molar-refractivity contribution in [2.75, 3.05) is 44.6 Å². The van der Waals surface area contributed by atoms with Crippen LogP contribution in [-0.4, -0.2) is 54.7 Å². The first-order valence-electron chi connectivity index (χ1n) is 24.6. The molecule has 0 saturated heterocycles. The molecule has 6 aromatic carbocycles. The Kier molecular flexibility index (Phi) is 12.9. The summed E-state index contributed by atoms with van der Waals surface area (Å²) in [4.78, 5) is 23.0. The Bertz CT molecular complexity index is 3810. The van der Waals surface area contributed by atoms with E-state index in [-0.39, 0.29) is 24.0 Å². The Hall–Kier alpha value is -8.28. The molecule has 2 aliphatic rings. The Balaban J connectivity index is 0.00000574. The Morgan fingerprint density at radius 3 is 1.16 bits per heavy atom. The van der Waals surface area contributed by atoms with Crippen LogP contribution in [-0.2, 0) is 6.54 Å². The van der Waals surface area contributed by atoms with Gasteiger partial charge in [-0.05, 0) is 113 Å². The van der Waals surface area contributed by atoms with Gasteiger partial charge in [-0.1, -0.05) is 103 Å². The SMILES string of the molecule is CN(C)c1ccc2cc3ccc(N(C)C)cc3[n+](CCCOc3ccc(-c4c5nc(c(-c6ccccc6)c6ccc([nH]6)c(-c6ccccc6)c6nc(c(-c7ccccc7)c7ccc4[nH]7)C=C6)C=C5)cc3)c2c1.[I-]. The Morgan fingerprint density at radius 1 is 0.425 bits per heavy atom. The smallest absolute Gasteiger partial charge is 0.215 e. The van der Waals surface area contributed by atoms with Gasteiger partial charge in [-0.3, -0.25) is 0 Å². The fourth-order valence-corrected chi connectivity index (χ4v) is 10.2. The Labute approximate surface area is 442 Å². The van der Waals surface area contributed by atoms with Crippen molar-refractivity contribution < 1.29 is 33.3 Å². The molecule has 6 heterocycles. The van der Waals surface area contributed by atoms with Gasteiger partial charge in [0.05, 0.1) is 29.4 Å². The molecular weight excluding hydrogens is 1010 g/mol. The number of pyridine rings is 1. The number of H-pyrrole nitrogens is 2. The van der Waals surface area contributed by atoms with Crippen molar-refractivity contribution in [2.24, 2.45) is 0 Å². The number of hydrogen-bond acceptors (Lipinski definition) is 5. The summed E-state index contributed by atoms with van der Waals surface area (Å²) >= 11 is 0. The molecular formula is C64H54IN7O. The molecule has 12 rings (SSSR count). The van der Waals surface area contributed by atoms with Gasteiger partial charge in [-0.2, -0.15) is 4.57 Å². The molecule has 9 heteroatoms. The highest BCUT2D eigenvalue weighted by atomic mass is 127. The maximum Gasteiger partial charge on any atom is 0.215 e. The fraction of sp³-hybridized carbons (Fsp3) is 0.109. The largest absolute Gasteiger partial charge is 1.00 e. The first kappa shape index (κ1) is 47.1. The summed E-state index contributed by atoms with van der Waals surface area (Å²) in [7, 11) is 8.38. The second-order valence-electron chi connectivity index (χ2n) is 18.9. The molecule has 8 nitrogen and oxygen atoms in total. The van der Waals surface area contributed by atoms with Crippen LogP contribution in [0.5, 0.6) is 5.75 Å². The van der Waals surface area contributed by atoms with Crippen LogP contribution in [0.25, 0.3) is 113 Å². The van der Waals surface area contributed by atoms with Gasteiger partial charge in [0.15, 0.2) is 6.54 Å². The highest BCUT2D eigenvalue weighted by Gasteiger charge is 2.21. The lowest BCUT2D eigenvalue weighted by atomic mass is 10.0. The second-order valence-corrected chi connectivity index (χ2v) is 18.9. The molecule has 358 valence electrons. The third-order valence-corrected chi connectivity index (χ3v) is 13.8. The number of anilines is 2. The van der Waals surface area contributed by atoms with E-state index in [0.717, 1.165) is 108 Å². The van der Waals surface area contributed by atoms with Crippen molar-refractivity contribution in [1.29, 1.82) is 0 Å². The van der Waals surface area contributed by atoms with Gasteiger partial charge in [0.25, 0.3) is 0 Å². The maximum atomic E-state index is 6.54. The number of benzene rings is 6. The number of nitrogens with zero attached hydrogens (tertiary/aromatic N) is 5. The zero-order chi connectivity index (χ0) is 48.7. The van der Waals surface area contributed by atoms with Gasteiger partial charge in [0, 0.05) is 113 Å². The van der Waals surface area contributed by atoms with Crippen LogP contribution in [0.4, 0.5) is 11.4 Å². The van der Waals surface area contributed by atoms with E-state index in [1.807, 2.05) is 0 Å². The summed E-state index contributed by atoms with van der Waals surface area (Å²) in [5.74, 6) is 0.820. The van der Waals surface area contributed by atoms with Crippen molar-refractivity contribution in [3.05, 3.63) is 205 Å². The standard InChI is InChI=1S/C64H54N7O.HI/c1-69(2)48-25-21-46-39-47-22-26-49(70(3)4)41-60(47)71(59(46)40-48)37-14-38-72-50-27-23-45(24-28-50)64-57-35-33-55(67-57)62(43-17-10-6-11-18-43)53-31-29-51(65-53)61(42-15-8-5-9-16-42)52-30-32-54(66-52)63(44-19-12-7-13-20-44)56-34-36-58(64)68-56;/h5-13,15-36,39-41,65,68H,14,37-38H2,1-4H3;1H/q+1;/p-1. The van der Waals surface area contributed by atoms with Gasteiger partial charge in [0.1, 0.15) is 5.75 Å². The van der Waals surface area contributed by atoms with Crippen molar-refractivity contribution >= 4 is 79.6 Å². The molecule has 4 aromatic heterocycles. The van der Waals surface area contributed by atoms with E-state index in [2.05, 4.69) is 259 Å². The van der Waals surface area contributed by atoms with E-state index in [4.69, 9.17) is 14.7 Å². The van der Waals surface area contributed by atoms with Crippen LogP contribution in [0.15, 0.2) is 182 Å². The minimum atomic E-state index is 0. The van der Waals surface area contributed by atoms with Crippen LogP contribution in [0, 0.1) is 0 Å². The summed E-state index contributed by atoms with van der Waals surface area (Å²) in [6.07, 6.45) is 9.40. The quantitative estimate of drug-likeness (QED) is 0.0584. The average Bonchev–Trinajstić information content (AvgIpc) is 4.27. The van der Waals surface area contributed by atoms with Gasteiger partial charge >= 0.3 is 0 Å². The van der Waals surface area contributed by atoms with E-state index >= 15 is 0 Å². The zero-order valence-electron chi connectivity index (χ0n) is 41.3. The minimum Gasteiger partial charge on any atom is -1.00 e. The molecule has 2 N–H and O–H groups in total. The maximum absolute atomic E-state index is 6.54. The second kappa shape index (κ2) is 20.1. The molecule has 2 aliphatic heterocycles. The predicted molar refractivity (Wildman–Crippen MR) is 301 cm³/mol. The molecule has 0 radical (unpaired) electrons. The summed E-state index contributed by atoms with van der Waals surface area (Å²) in [5.41, 5.74) is 20.4. The highest BCUT2D eigenvalue weighted by Crippen LogP contribution is 2.39. The summed E-state index contributed by atoms with van der Waals surface area (Å²) in [6.45, 7) is 1.37. The molecule has 0 fully saturated rings. The topological polar surface area (TPSA) is 77.0 Å². The third-order valence-electron chi connectivity index (χ3n) is 13.8. The summed E-state index contributed by atoms with van der Waals surface area (Å²) in [5, 5.41) is 2.44. The number of aromatic nitrogens is 5. The number of aryl methyl sites for hydroxylation is 1. The predicted octanol–water partition coefficient (Wildman–Crippen LogP) is 11.5. The minimum absolute atomic E-state index is 0. The van der Waals surface area contributed by atoms with E-state index in [9.17, 15) is 0 Å². The van der Waals surface area contributed by atoms with Crippen molar-refractivity contribution in [3.63, 3.8) is 0 Å². The van der Waals surface area contributed by atoms with E-state index in [0.29, 0.717) is 6.61 Å². The summed E-state index contributed by atoms with van der Waals surface area (Å²) < 4.78 is 9.00. The number of nitrogens with one attached hydrogen (secondary N) is 2. The number of rotatable bonds is 11. The molecule has 73 heavy (non-hydrogen) atoms. The molecule has 0 atom stereocenters. The molecule has 0 spiro atoms. The van der Waals surface area contributed by atoms with Gasteiger partial charge < -0.3 is 48.5 Å². The van der Waals surface area contributed by atoms with Crippen LogP contribution in [0.1, 0.15) is 29.2 Å². The first-order chi connectivity index (χ1) is 35.3. The average molecular weight is 1060 g/mol. The van der Waals surface area contributed by atoms with Gasteiger partial charge in [-0.15, -0.1) is 0 Å². The zero-order valence-corrected chi connectivity index (χ0v) is 43.4. The van der Waals surface area contributed by atoms with Crippen LogP contribution < -0.4 is 43.1 Å². The Morgan fingerprint density at radius 2 is 0.795 bits per heavy atom. The number of ether oxygens (including phenoxy) is 1. The van der Waals surface area contributed by atoms with Crippen LogP contribution >= 0.6 is 0 Å².